The van der Waals surface area contributed by atoms with Gasteiger partial charge in [-0.05, 0) is 53.6 Å². The fourth-order valence-electron chi connectivity index (χ4n) is 5.33. The number of hydrogen-bond donors (Lipinski definition) is 0. The molecule has 2 saturated heterocycles. The highest BCUT2D eigenvalue weighted by Crippen LogP contribution is 2.53. The molecule has 2 fully saturated rings. The van der Waals surface area contributed by atoms with E-state index in [2.05, 4.69) is 5.10 Å². The summed E-state index contributed by atoms with van der Waals surface area (Å²) in [6, 6.07) is 14.2. The number of imide groups is 1. The standard InChI is InChI=1S/C26H16ClF2N3O3/c27-18-11-16(9-10-19(18)29)31-25(34)20-21(26(31)35)23(24(33)13-5-7-15(28)8-6-13)32-22(20)17-4-2-1-3-14(17)12-30-32/h1-12,20-23H/t20-,21+,22?,23-/m1/s1. The van der Waals surface area contributed by atoms with Crippen molar-refractivity contribution in [3.05, 3.63) is 100 Å². The van der Waals surface area contributed by atoms with E-state index in [1.165, 1.54) is 41.4 Å². The smallest absolute Gasteiger partial charge is 0.240 e. The molecular formula is C26H16ClF2N3O3. The molecule has 3 heterocycles. The summed E-state index contributed by atoms with van der Waals surface area (Å²) in [4.78, 5) is 42.1. The van der Waals surface area contributed by atoms with E-state index in [0.29, 0.717) is 0 Å². The number of hydrazone groups is 1. The number of ketones is 1. The van der Waals surface area contributed by atoms with E-state index in [1.54, 1.807) is 6.21 Å². The molecular weight excluding hydrogens is 476 g/mol. The van der Waals surface area contributed by atoms with Gasteiger partial charge in [-0.25, -0.2) is 13.7 Å². The highest BCUT2D eigenvalue weighted by atomic mass is 35.5. The predicted octanol–water partition coefficient (Wildman–Crippen LogP) is 4.38. The van der Waals surface area contributed by atoms with Crippen molar-refractivity contribution in [1.29, 1.82) is 0 Å². The van der Waals surface area contributed by atoms with Gasteiger partial charge in [-0.3, -0.25) is 19.4 Å². The summed E-state index contributed by atoms with van der Waals surface area (Å²) in [5.41, 5.74) is 1.89. The summed E-state index contributed by atoms with van der Waals surface area (Å²) < 4.78 is 27.3. The minimum atomic E-state index is -1.09. The number of rotatable bonds is 3. The second kappa shape index (κ2) is 7.81. The van der Waals surface area contributed by atoms with Crippen molar-refractivity contribution < 1.29 is 23.2 Å². The summed E-state index contributed by atoms with van der Waals surface area (Å²) in [5, 5.41) is 5.77. The van der Waals surface area contributed by atoms with Gasteiger partial charge in [-0.1, -0.05) is 35.9 Å². The predicted molar refractivity (Wildman–Crippen MR) is 124 cm³/mol. The van der Waals surface area contributed by atoms with E-state index in [4.69, 9.17) is 11.6 Å². The number of amides is 2. The van der Waals surface area contributed by atoms with E-state index in [0.717, 1.165) is 22.1 Å². The Morgan fingerprint density at radius 1 is 0.914 bits per heavy atom. The first-order chi connectivity index (χ1) is 16.9. The van der Waals surface area contributed by atoms with Crippen LogP contribution in [0.4, 0.5) is 14.5 Å². The Labute approximate surface area is 203 Å². The number of hydrogen-bond acceptors (Lipinski definition) is 5. The van der Waals surface area contributed by atoms with Crippen molar-refractivity contribution in [2.75, 3.05) is 4.90 Å². The zero-order valence-corrected chi connectivity index (χ0v) is 18.7. The van der Waals surface area contributed by atoms with Crippen LogP contribution in [0, 0.1) is 23.5 Å². The fraction of sp³-hybridized carbons (Fsp3) is 0.154. The number of fused-ring (bicyclic) bond motifs is 5. The Morgan fingerprint density at radius 3 is 2.37 bits per heavy atom. The highest BCUT2D eigenvalue weighted by molar-refractivity contribution is 6.31. The van der Waals surface area contributed by atoms with Crippen LogP contribution < -0.4 is 4.90 Å². The van der Waals surface area contributed by atoms with Gasteiger partial charge in [-0.2, -0.15) is 5.10 Å². The van der Waals surface area contributed by atoms with E-state index >= 15 is 0 Å². The molecule has 174 valence electrons. The van der Waals surface area contributed by atoms with Gasteiger partial charge in [0.05, 0.1) is 34.8 Å². The molecule has 3 aromatic carbocycles. The summed E-state index contributed by atoms with van der Waals surface area (Å²) in [7, 11) is 0. The lowest BCUT2D eigenvalue weighted by atomic mass is 9.83. The molecule has 4 atom stereocenters. The molecule has 1 unspecified atom stereocenters. The summed E-state index contributed by atoms with van der Waals surface area (Å²) in [5.74, 6) is -4.68. The van der Waals surface area contributed by atoms with Crippen LogP contribution in [0.3, 0.4) is 0 Å². The average Bonchev–Trinajstić information content (AvgIpc) is 3.33. The number of Topliss-reactive ketones (excluding diaryl/α,β-unsaturated/α-hetero) is 1. The minimum absolute atomic E-state index is 0.132. The van der Waals surface area contributed by atoms with E-state index < -0.39 is 53.2 Å². The van der Waals surface area contributed by atoms with Gasteiger partial charge in [0.15, 0.2) is 5.78 Å². The summed E-state index contributed by atoms with van der Waals surface area (Å²) in [6.45, 7) is 0. The lowest BCUT2D eigenvalue weighted by molar-refractivity contribution is -0.124. The molecule has 0 N–H and O–H groups in total. The first-order valence-electron chi connectivity index (χ1n) is 10.9. The van der Waals surface area contributed by atoms with Crippen molar-refractivity contribution >= 4 is 41.1 Å². The Balaban J connectivity index is 1.50. The first kappa shape index (κ1) is 21.6. The van der Waals surface area contributed by atoms with E-state index in [1.807, 2.05) is 24.3 Å². The third kappa shape index (κ3) is 3.13. The average molecular weight is 492 g/mol. The monoisotopic (exact) mass is 491 g/mol. The topological polar surface area (TPSA) is 70.0 Å². The number of carbonyl (C=O) groups is 3. The first-order valence-corrected chi connectivity index (χ1v) is 11.3. The molecule has 35 heavy (non-hydrogen) atoms. The zero-order valence-electron chi connectivity index (χ0n) is 17.9. The van der Waals surface area contributed by atoms with Crippen molar-refractivity contribution in [3.8, 4) is 0 Å². The van der Waals surface area contributed by atoms with E-state index in [9.17, 15) is 23.2 Å². The SMILES string of the molecule is O=C(c1ccc(F)cc1)[C@H]1[C@H]2C(=O)N(c3ccc(F)c(Cl)c3)C(=O)[C@H]2C2c3ccccc3C=NN21. The number of halogens is 3. The van der Waals surface area contributed by atoms with Crippen molar-refractivity contribution in [2.45, 2.75) is 12.1 Å². The maximum Gasteiger partial charge on any atom is 0.240 e. The zero-order chi connectivity index (χ0) is 24.4. The maximum absolute atomic E-state index is 13.8. The maximum atomic E-state index is 13.8. The molecule has 0 spiro atoms. The lowest BCUT2D eigenvalue weighted by Crippen LogP contribution is -2.44. The van der Waals surface area contributed by atoms with Crippen LogP contribution in [-0.4, -0.2) is 34.9 Å². The molecule has 6 rings (SSSR count). The normalized spacial score (nSPS) is 24.4. The number of anilines is 1. The fourth-order valence-corrected chi connectivity index (χ4v) is 5.51. The van der Waals surface area contributed by atoms with Crippen LogP contribution in [-0.2, 0) is 9.59 Å². The molecule has 0 aliphatic carbocycles. The van der Waals surface area contributed by atoms with Crippen LogP contribution in [0.15, 0.2) is 71.8 Å². The molecule has 3 aliphatic rings. The summed E-state index contributed by atoms with van der Waals surface area (Å²) in [6.07, 6.45) is 1.60. The molecule has 0 bridgehead atoms. The van der Waals surface area contributed by atoms with Crippen LogP contribution in [0.1, 0.15) is 27.5 Å². The summed E-state index contributed by atoms with van der Waals surface area (Å²) >= 11 is 5.92. The van der Waals surface area contributed by atoms with Crippen LogP contribution in [0.25, 0.3) is 0 Å². The van der Waals surface area contributed by atoms with Gasteiger partial charge in [0.2, 0.25) is 11.8 Å². The van der Waals surface area contributed by atoms with Crippen LogP contribution >= 0.6 is 11.6 Å². The molecule has 3 aromatic rings. The van der Waals surface area contributed by atoms with Crippen LogP contribution in [0.5, 0.6) is 0 Å². The Kier molecular flexibility index (Phi) is 4.82. The highest BCUT2D eigenvalue weighted by Gasteiger charge is 2.65. The van der Waals surface area contributed by atoms with Crippen LogP contribution in [0.2, 0.25) is 5.02 Å². The number of benzene rings is 3. The van der Waals surface area contributed by atoms with Gasteiger partial charge < -0.3 is 0 Å². The van der Waals surface area contributed by atoms with Gasteiger partial charge in [0, 0.05) is 5.56 Å². The molecule has 0 saturated carbocycles. The molecule has 9 heteroatoms. The second-order valence-corrected chi connectivity index (χ2v) is 9.08. The van der Waals surface area contributed by atoms with Crippen molar-refractivity contribution in [1.82, 2.24) is 5.01 Å². The van der Waals surface area contributed by atoms with Gasteiger partial charge in [0.1, 0.15) is 17.7 Å². The third-order valence-corrected chi connectivity index (χ3v) is 7.14. The van der Waals surface area contributed by atoms with Gasteiger partial charge in [0.25, 0.3) is 0 Å². The third-order valence-electron chi connectivity index (χ3n) is 6.85. The van der Waals surface area contributed by atoms with Crippen molar-refractivity contribution in [3.63, 3.8) is 0 Å². The molecule has 3 aliphatic heterocycles. The minimum Gasteiger partial charge on any atom is -0.292 e. The Morgan fingerprint density at radius 2 is 1.63 bits per heavy atom. The molecule has 6 nitrogen and oxygen atoms in total. The van der Waals surface area contributed by atoms with Gasteiger partial charge >= 0.3 is 0 Å². The van der Waals surface area contributed by atoms with Gasteiger partial charge in [-0.15, -0.1) is 0 Å². The number of carbonyl (C=O) groups excluding carboxylic acids is 3. The largest absolute Gasteiger partial charge is 0.292 e. The molecule has 0 radical (unpaired) electrons. The lowest BCUT2D eigenvalue weighted by Gasteiger charge is -2.33. The Bertz CT molecular complexity index is 1440. The second-order valence-electron chi connectivity index (χ2n) is 8.68. The number of nitrogens with zero attached hydrogens (tertiary/aromatic N) is 3. The quantitative estimate of drug-likeness (QED) is 0.403. The van der Waals surface area contributed by atoms with Crippen molar-refractivity contribution in [2.24, 2.45) is 16.9 Å². The molecule has 2 amide bonds. The Hall–Kier alpha value is -3.91. The molecule has 0 aromatic heterocycles. The van der Waals surface area contributed by atoms with E-state index in [-0.39, 0.29) is 16.3 Å².